The van der Waals surface area contributed by atoms with Crippen LogP contribution in [0.15, 0.2) is 52.7 Å². The Labute approximate surface area is 170 Å². The predicted molar refractivity (Wildman–Crippen MR) is 109 cm³/mol. The Bertz CT molecular complexity index is 990. The van der Waals surface area contributed by atoms with Gasteiger partial charge in [0.15, 0.2) is 16.7 Å². The maximum Gasteiger partial charge on any atom is 0.305 e. The molecule has 3 N–H and O–H groups in total. The van der Waals surface area contributed by atoms with E-state index in [1.807, 2.05) is 0 Å². The first-order chi connectivity index (χ1) is 13.9. The van der Waals surface area contributed by atoms with E-state index in [9.17, 15) is 19.8 Å². The van der Waals surface area contributed by atoms with Crippen LogP contribution in [-0.4, -0.2) is 50.9 Å². The van der Waals surface area contributed by atoms with E-state index < -0.39 is 17.1 Å². The molecule has 10 heteroatoms. The Morgan fingerprint density at radius 2 is 1.97 bits per heavy atom. The number of hydrogen-bond acceptors (Lipinski definition) is 8. The molecule has 0 spiro atoms. The molecule has 9 nitrogen and oxygen atoms in total. The third-order valence-corrected chi connectivity index (χ3v) is 5.08. The number of ether oxygens (including phenoxy) is 1. The fourth-order valence-electron chi connectivity index (χ4n) is 2.58. The number of thioether (sulfide) groups is 1. The van der Waals surface area contributed by atoms with Gasteiger partial charge in [0, 0.05) is 0 Å². The Morgan fingerprint density at radius 3 is 2.62 bits per heavy atom. The number of carboxylic acids is 1. The summed E-state index contributed by atoms with van der Waals surface area (Å²) in [6.07, 6.45) is 1.06. The molecule has 0 bridgehead atoms. The number of methoxy groups -OCH3 is 1. The molecule has 29 heavy (non-hydrogen) atoms. The summed E-state index contributed by atoms with van der Waals surface area (Å²) in [6.45, 7) is 0. The van der Waals surface area contributed by atoms with Crippen molar-refractivity contribution in [3.63, 3.8) is 0 Å². The van der Waals surface area contributed by atoms with Crippen molar-refractivity contribution in [2.24, 2.45) is 10.2 Å². The summed E-state index contributed by atoms with van der Waals surface area (Å²) in [5.74, 6) is -1.22. The van der Waals surface area contributed by atoms with E-state index in [4.69, 9.17) is 9.84 Å². The van der Waals surface area contributed by atoms with Crippen molar-refractivity contribution in [2.45, 2.75) is 11.7 Å². The van der Waals surface area contributed by atoms with Crippen molar-refractivity contribution in [2.75, 3.05) is 12.0 Å². The third-order valence-electron chi connectivity index (χ3n) is 3.96. The molecule has 1 fully saturated rings. The lowest BCUT2D eigenvalue weighted by Gasteiger charge is -2.15. The van der Waals surface area contributed by atoms with Gasteiger partial charge in [0.1, 0.15) is 11.0 Å². The number of aliphatic carboxylic acids is 1. The van der Waals surface area contributed by atoms with Crippen molar-refractivity contribution in [3.8, 4) is 17.2 Å². The Balaban J connectivity index is 1.89. The summed E-state index contributed by atoms with van der Waals surface area (Å²) in [6, 6.07) is 10.5. The summed E-state index contributed by atoms with van der Waals surface area (Å²) < 4.78 is 5.03. The zero-order chi connectivity index (χ0) is 21.0. The molecule has 3 rings (SSSR count). The van der Waals surface area contributed by atoms with E-state index in [1.54, 1.807) is 12.1 Å². The Kier molecular flexibility index (Phi) is 6.03. The lowest BCUT2D eigenvalue weighted by molar-refractivity contribution is -0.138. The molecule has 1 unspecified atom stereocenters. The summed E-state index contributed by atoms with van der Waals surface area (Å²) >= 11 is 1.00. The second-order valence-corrected chi connectivity index (χ2v) is 7.12. The van der Waals surface area contributed by atoms with E-state index in [0.29, 0.717) is 11.3 Å². The van der Waals surface area contributed by atoms with Gasteiger partial charge in [-0.1, -0.05) is 11.8 Å². The molecule has 0 aromatic heterocycles. The highest BCUT2D eigenvalue weighted by Crippen LogP contribution is 2.34. The summed E-state index contributed by atoms with van der Waals surface area (Å²) in [4.78, 5) is 25.0. The molecule has 1 aliphatic heterocycles. The molecule has 0 radical (unpaired) electrons. The molecule has 2 aromatic rings. The van der Waals surface area contributed by atoms with Crippen LogP contribution in [0.5, 0.6) is 17.2 Å². The Hall–Kier alpha value is -3.53. The minimum absolute atomic E-state index is 0.0112. The fourth-order valence-corrected chi connectivity index (χ4v) is 3.66. The molecule has 1 aliphatic rings. The molecule has 1 atom stereocenters. The highest BCUT2D eigenvalue weighted by Gasteiger charge is 2.40. The predicted octanol–water partition coefficient (Wildman–Crippen LogP) is 2.42. The lowest BCUT2D eigenvalue weighted by Crippen LogP contribution is -2.32. The van der Waals surface area contributed by atoms with Gasteiger partial charge < -0.3 is 20.1 Å². The summed E-state index contributed by atoms with van der Waals surface area (Å²) in [5.41, 5.74) is 1.05. The van der Waals surface area contributed by atoms with E-state index in [1.165, 1.54) is 48.6 Å². The topological polar surface area (TPSA) is 132 Å². The van der Waals surface area contributed by atoms with Crippen molar-refractivity contribution in [3.05, 3.63) is 48.0 Å². The first-order valence-electron chi connectivity index (χ1n) is 8.38. The zero-order valence-corrected chi connectivity index (χ0v) is 16.0. The standard InChI is InChI=1S/C19H17N3O6S/c1-28-15-8-11(2-7-14(15)24)10-20-21-19-22(12-3-5-13(23)6-4-12)18(27)16(29-19)9-17(25)26/h2-8,10,16,23-24H,9H2,1H3,(H,25,26). The fraction of sp³-hybridized carbons (Fsp3) is 0.158. The van der Waals surface area contributed by atoms with Gasteiger partial charge in [0.05, 0.1) is 25.4 Å². The van der Waals surface area contributed by atoms with Crippen LogP contribution in [0.25, 0.3) is 0 Å². The zero-order valence-electron chi connectivity index (χ0n) is 15.2. The smallest absolute Gasteiger partial charge is 0.305 e. The SMILES string of the molecule is COc1cc(C=NN=C2SC(CC(=O)O)C(=O)N2c2ccc(O)cc2)ccc1O. The molecule has 0 aliphatic carbocycles. The number of aromatic hydroxyl groups is 2. The highest BCUT2D eigenvalue weighted by molar-refractivity contribution is 8.16. The maximum atomic E-state index is 12.7. The van der Waals surface area contributed by atoms with Crippen LogP contribution in [0.3, 0.4) is 0 Å². The summed E-state index contributed by atoms with van der Waals surface area (Å²) in [7, 11) is 1.43. The van der Waals surface area contributed by atoms with E-state index in [-0.39, 0.29) is 28.8 Å². The number of rotatable bonds is 6. The molecule has 0 saturated carbocycles. The second kappa shape index (κ2) is 8.65. The maximum absolute atomic E-state index is 12.7. The molecule has 1 saturated heterocycles. The number of benzene rings is 2. The van der Waals surface area contributed by atoms with Gasteiger partial charge in [-0.15, -0.1) is 5.10 Å². The van der Waals surface area contributed by atoms with Gasteiger partial charge in [-0.2, -0.15) is 5.10 Å². The molecular weight excluding hydrogens is 398 g/mol. The number of carboxylic acid groups (broad SMARTS) is 1. The number of nitrogens with zero attached hydrogens (tertiary/aromatic N) is 3. The van der Waals surface area contributed by atoms with Crippen LogP contribution in [0, 0.1) is 0 Å². The van der Waals surface area contributed by atoms with Crippen LogP contribution in [0.2, 0.25) is 0 Å². The monoisotopic (exact) mass is 415 g/mol. The quantitative estimate of drug-likeness (QED) is 0.487. The number of amides is 1. The van der Waals surface area contributed by atoms with Crippen molar-refractivity contribution < 1.29 is 29.6 Å². The van der Waals surface area contributed by atoms with Crippen LogP contribution < -0.4 is 9.64 Å². The van der Waals surface area contributed by atoms with Gasteiger partial charge in [-0.25, -0.2) is 0 Å². The van der Waals surface area contributed by atoms with Crippen LogP contribution in [-0.2, 0) is 9.59 Å². The first kappa shape index (κ1) is 20.2. The number of carbonyl (C=O) groups is 2. The minimum atomic E-state index is -1.09. The van der Waals surface area contributed by atoms with E-state index in [0.717, 1.165) is 11.8 Å². The number of anilines is 1. The van der Waals surface area contributed by atoms with Gasteiger partial charge >= 0.3 is 5.97 Å². The molecular formula is C19H17N3O6S. The largest absolute Gasteiger partial charge is 0.508 e. The third kappa shape index (κ3) is 4.66. The minimum Gasteiger partial charge on any atom is -0.508 e. The second-order valence-electron chi connectivity index (χ2n) is 5.95. The average molecular weight is 415 g/mol. The van der Waals surface area contributed by atoms with Gasteiger partial charge in [0.2, 0.25) is 5.91 Å². The molecule has 150 valence electrons. The number of hydrogen-bond donors (Lipinski definition) is 3. The lowest BCUT2D eigenvalue weighted by atomic mass is 10.2. The van der Waals surface area contributed by atoms with E-state index >= 15 is 0 Å². The summed E-state index contributed by atoms with van der Waals surface area (Å²) in [5, 5.41) is 35.6. The van der Waals surface area contributed by atoms with Crippen molar-refractivity contribution in [1.29, 1.82) is 0 Å². The van der Waals surface area contributed by atoms with Crippen LogP contribution >= 0.6 is 11.8 Å². The van der Waals surface area contributed by atoms with Crippen molar-refractivity contribution >= 4 is 40.7 Å². The van der Waals surface area contributed by atoms with Crippen LogP contribution in [0.1, 0.15) is 12.0 Å². The number of amidine groups is 1. The molecule has 2 aromatic carbocycles. The average Bonchev–Trinajstić information content (AvgIpc) is 2.98. The first-order valence-corrected chi connectivity index (χ1v) is 9.26. The molecule has 1 amide bonds. The van der Waals surface area contributed by atoms with Gasteiger partial charge in [0.25, 0.3) is 0 Å². The Morgan fingerprint density at radius 1 is 1.24 bits per heavy atom. The highest BCUT2D eigenvalue weighted by atomic mass is 32.2. The normalized spacial score (nSPS) is 18.0. The van der Waals surface area contributed by atoms with Gasteiger partial charge in [-0.05, 0) is 48.0 Å². The van der Waals surface area contributed by atoms with Gasteiger partial charge in [-0.3, -0.25) is 14.5 Å². The van der Waals surface area contributed by atoms with E-state index in [2.05, 4.69) is 10.2 Å². The number of carbonyl (C=O) groups excluding carboxylic acids is 1. The molecule has 1 heterocycles. The number of phenols is 2. The van der Waals surface area contributed by atoms with Crippen molar-refractivity contribution in [1.82, 2.24) is 0 Å². The van der Waals surface area contributed by atoms with Crippen LogP contribution in [0.4, 0.5) is 5.69 Å². The number of phenolic OH excluding ortho intramolecular Hbond substituents is 2.